The van der Waals surface area contributed by atoms with Gasteiger partial charge < -0.3 is 18.9 Å². The Kier molecular flexibility index (Phi) is 6.84. The van der Waals surface area contributed by atoms with Crippen molar-refractivity contribution in [3.8, 4) is 16.5 Å². The molecule has 0 atom stereocenters. The summed E-state index contributed by atoms with van der Waals surface area (Å²) in [5.74, 6) is 0.594. The van der Waals surface area contributed by atoms with Gasteiger partial charge in [0.1, 0.15) is 20.5 Å². The van der Waals surface area contributed by atoms with Crippen molar-refractivity contribution in [1.82, 2.24) is 19.2 Å². The third kappa shape index (κ3) is 5.11. The summed E-state index contributed by atoms with van der Waals surface area (Å²) in [7, 11) is -0.423. The Hall–Kier alpha value is -2.73. The number of rotatable bonds is 7. The molecule has 3 aromatic rings. The number of amides is 1. The quantitative estimate of drug-likeness (QED) is 0.546. The minimum absolute atomic E-state index is 0.0680. The molecule has 1 saturated heterocycles. The van der Waals surface area contributed by atoms with E-state index in [1.54, 1.807) is 54.9 Å². The number of hydrogen-bond donors (Lipinski definition) is 1. The minimum atomic E-state index is -3.75. The molecule has 3 heterocycles. The largest absolute Gasteiger partial charge is 0.497 e. The lowest BCUT2D eigenvalue weighted by Gasteiger charge is -2.26. The molecule has 1 fully saturated rings. The topological polar surface area (TPSA) is 103 Å². The van der Waals surface area contributed by atoms with Crippen LogP contribution in [0.5, 0.6) is 5.75 Å². The third-order valence-electron chi connectivity index (χ3n) is 5.40. The van der Waals surface area contributed by atoms with Gasteiger partial charge in [-0.25, -0.2) is 18.1 Å². The molecule has 1 aliphatic heterocycles. The van der Waals surface area contributed by atoms with Crippen molar-refractivity contribution in [2.24, 2.45) is 7.05 Å². The van der Waals surface area contributed by atoms with Crippen LogP contribution < -0.4 is 9.46 Å². The minimum Gasteiger partial charge on any atom is -0.497 e. The molecule has 0 spiro atoms. The molecule has 4 rings (SSSR count). The highest BCUT2D eigenvalue weighted by Crippen LogP contribution is 2.31. The number of carbonyl (C=O) groups excluding carboxylic acids is 1. The lowest BCUT2D eigenvalue weighted by atomic mass is 10.2. The summed E-state index contributed by atoms with van der Waals surface area (Å²) in [6.07, 6.45) is 1.55. The standard InChI is InChI=1S/C22H26N4O5S2/c1-15-20(22(27)26-7-9-31-10-8-26)32-21(24-15)19-12-18(14-25(19)2)33(28,29)23-13-16-5-4-6-17(11-16)30-3/h4-6,11-12,14,23H,7-10,13H2,1-3H3. The number of carbonyl (C=O) groups is 1. The van der Waals surface area contributed by atoms with Gasteiger partial charge in [-0.2, -0.15) is 0 Å². The van der Waals surface area contributed by atoms with Gasteiger partial charge in [-0.15, -0.1) is 11.3 Å². The van der Waals surface area contributed by atoms with E-state index in [2.05, 4.69) is 9.71 Å². The van der Waals surface area contributed by atoms with Crippen molar-refractivity contribution < 1.29 is 22.7 Å². The third-order valence-corrected chi connectivity index (χ3v) is 7.94. The fourth-order valence-corrected chi connectivity index (χ4v) is 5.73. The summed E-state index contributed by atoms with van der Waals surface area (Å²) >= 11 is 1.27. The highest BCUT2D eigenvalue weighted by atomic mass is 32.2. The number of morpholine rings is 1. The second-order valence-corrected chi connectivity index (χ2v) is 10.5. The highest BCUT2D eigenvalue weighted by molar-refractivity contribution is 7.89. The second-order valence-electron chi connectivity index (χ2n) is 7.69. The van der Waals surface area contributed by atoms with Crippen LogP contribution in [0.4, 0.5) is 0 Å². The normalized spacial score (nSPS) is 14.5. The lowest BCUT2D eigenvalue weighted by molar-refractivity contribution is 0.0305. The average Bonchev–Trinajstić information content (AvgIpc) is 3.41. The fraction of sp³-hybridized carbons (Fsp3) is 0.364. The molecule has 1 amide bonds. The molecule has 1 N–H and O–H groups in total. The first kappa shape index (κ1) is 23.4. The Balaban J connectivity index is 1.53. The van der Waals surface area contributed by atoms with E-state index in [-0.39, 0.29) is 17.3 Å². The molecule has 9 nitrogen and oxygen atoms in total. The van der Waals surface area contributed by atoms with Crippen molar-refractivity contribution in [2.75, 3.05) is 33.4 Å². The number of nitrogens with zero attached hydrogens (tertiary/aromatic N) is 3. The summed E-state index contributed by atoms with van der Waals surface area (Å²) < 4.78 is 40.6. The smallest absolute Gasteiger partial charge is 0.266 e. The van der Waals surface area contributed by atoms with Crippen LogP contribution in [0.2, 0.25) is 0 Å². The maximum Gasteiger partial charge on any atom is 0.266 e. The van der Waals surface area contributed by atoms with E-state index in [1.165, 1.54) is 11.3 Å². The van der Waals surface area contributed by atoms with Crippen LogP contribution in [-0.4, -0.2) is 62.2 Å². The van der Waals surface area contributed by atoms with E-state index < -0.39 is 10.0 Å². The first-order chi connectivity index (χ1) is 15.8. The van der Waals surface area contributed by atoms with Crippen molar-refractivity contribution >= 4 is 27.3 Å². The Labute approximate surface area is 197 Å². The van der Waals surface area contributed by atoms with E-state index in [9.17, 15) is 13.2 Å². The maximum atomic E-state index is 12.9. The summed E-state index contributed by atoms with van der Waals surface area (Å²) in [6.45, 7) is 4.09. The number of thiazole rings is 1. The number of sulfonamides is 1. The lowest BCUT2D eigenvalue weighted by Crippen LogP contribution is -2.40. The molecule has 0 saturated carbocycles. The number of methoxy groups -OCH3 is 1. The summed E-state index contributed by atoms with van der Waals surface area (Å²) in [4.78, 5) is 19.9. The van der Waals surface area contributed by atoms with E-state index in [4.69, 9.17) is 9.47 Å². The van der Waals surface area contributed by atoms with Gasteiger partial charge in [0.05, 0.1) is 31.7 Å². The van der Waals surface area contributed by atoms with Crippen molar-refractivity contribution in [2.45, 2.75) is 18.4 Å². The van der Waals surface area contributed by atoms with Gasteiger partial charge in [-0.1, -0.05) is 12.1 Å². The molecule has 0 aliphatic carbocycles. The number of benzene rings is 1. The van der Waals surface area contributed by atoms with E-state index in [1.807, 2.05) is 12.1 Å². The van der Waals surface area contributed by atoms with Gasteiger partial charge in [0.25, 0.3) is 5.91 Å². The SMILES string of the molecule is COc1cccc(CNS(=O)(=O)c2cc(-c3nc(C)c(C(=O)N4CCOCC4)s3)n(C)c2)c1. The molecule has 176 valence electrons. The van der Waals surface area contributed by atoms with Crippen molar-refractivity contribution in [1.29, 1.82) is 0 Å². The molecule has 1 aliphatic rings. The molecular weight excluding hydrogens is 464 g/mol. The zero-order chi connectivity index (χ0) is 23.6. The summed E-state index contributed by atoms with van der Waals surface area (Å²) in [5, 5.41) is 0.598. The first-order valence-electron chi connectivity index (χ1n) is 10.4. The Morgan fingerprint density at radius 2 is 2.03 bits per heavy atom. The number of hydrogen-bond acceptors (Lipinski definition) is 7. The number of aryl methyl sites for hydroxylation is 2. The Morgan fingerprint density at radius 3 is 2.76 bits per heavy atom. The molecule has 0 unspecified atom stereocenters. The van der Waals surface area contributed by atoms with Crippen LogP contribution in [0, 0.1) is 6.92 Å². The van der Waals surface area contributed by atoms with Gasteiger partial charge in [0.15, 0.2) is 0 Å². The van der Waals surface area contributed by atoms with Crippen LogP contribution >= 0.6 is 11.3 Å². The molecule has 11 heteroatoms. The molecular formula is C22H26N4O5S2. The van der Waals surface area contributed by atoms with Crippen LogP contribution in [-0.2, 0) is 28.4 Å². The van der Waals surface area contributed by atoms with Crippen LogP contribution in [0.25, 0.3) is 10.7 Å². The van der Waals surface area contributed by atoms with Crippen molar-refractivity contribution in [3.05, 3.63) is 52.7 Å². The molecule has 1 aromatic carbocycles. The molecule has 0 bridgehead atoms. The van der Waals surface area contributed by atoms with Gasteiger partial charge >= 0.3 is 0 Å². The summed E-state index contributed by atoms with van der Waals surface area (Å²) in [6, 6.07) is 8.80. The van der Waals surface area contributed by atoms with Gasteiger partial charge in [0.2, 0.25) is 10.0 Å². The van der Waals surface area contributed by atoms with Crippen molar-refractivity contribution in [3.63, 3.8) is 0 Å². The Bertz CT molecular complexity index is 1260. The second kappa shape index (κ2) is 9.64. The zero-order valence-electron chi connectivity index (χ0n) is 18.7. The molecule has 2 aromatic heterocycles. The number of nitrogens with one attached hydrogen (secondary N) is 1. The monoisotopic (exact) mass is 490 g/mol. The predicted octanol–water partition coefficient (Wildman–Crippen LogP) is 2.42. The van der Waals surface area contributed by atoms with Crippen LogP contribution in [0.15, 0.2) is 41.4 Å². The zero-order valence-corrected chi connectivity index (χ0v) is 20.3. The predicted molar refractivity (Wildman–Crippen MR) is 125 cm³/mol. The van der Waals surface area contributed by atoms with Crippen LogP contribution in [0.3, 0.4) is 0 Å². The highest BCUT2D eigenvalue weighted by Gasteiger charge is 2.25. The van der Waals surface area contributed by atoms with Crippen LogP contribution in [0.1, 0.15) is 20.9 Å². The van der Waals surface area contributed by atoms with E-state index in [0.717, 1.165) is 5.56 Å². The van der Waals surface area contributed by atoms with Gasteiger partial charge in [0, 0.05) is 32.9 Å². The summed E-state index contributed by atoms with van der Waals surface area (Å²) in [5.41, 5.74) is 2.05. The first-order valence-corrected chi connectivity index (χ1v) is 12.7. The number of aromatic nitrogens is 2. The Morgan fingerprint density at radius 1 is 1.27 bits per heavy atom. The van der Waals surface area contributed by atoms with Gasteiger partial charge in [-0.3, -0.25) is 4.79 Å². The van der Waals surface area contributed by atoms with E-state index >= 15 is 0 Å². The fourth-order valence-electron chi connectivity index (χ4n) is 3.55. The maximum absolute atomic E-state index is 12.9. The van der Waals surface area contributed by atoms with E-state index in [0.29, 0.717) is 53.3 Å². The molecule has 33 heavy (non-hydrogen) atoms. The molecule has 0 radical (unpaired) electrons. The number of ether oxygens (including phenoxy) is 2. The average molecular weight is 491 g/mol. The van der Waals surface area contributed by atoms with Gasteiger partial charge in [-0.05, 0) is 30.7 Å².